The summed E-state index contributed by atoms with van der Waals surface area (Å²) < 4.78 is 46.1. The monoisotopic (exact) mass is 563 g/mol. The molecule has 10 nitrogen and oxygen atoms in total. The van der Waals surface area contributed by atoms with E-state index in [2.05, 4.69) is 37.9 Å². The van der Waals surface area contributed by atoms with Crippen molar-refractivity contribution in [3.8, 4) is 0 Å². The van der Waals surface area contributed by atoms with Crippen molar-refractivity contribution >= 4 is 29.3 Å². The summed E-state index contributed by atoms with van der Waals surface area (Å²) in [6.07, 6.45) is -0.157. The molecule has 2 atom stereocenters. The van der Waals surface area contributed by atoms with Gasteiger partial charge in [-0.3, -0.25) is 9.59 Å². The van der Waals surface area contributed by atoms with Crippen molar-refractivity contribution in [2.75, 3.05) is 51.5 Å². The molecule has 0 unspecified atom stereocenters. The number of hydrogen-bond acceptors (Lipinski definition) is 8. The van der Waals surface area contributed by atoms with Gasteiger partial charge in [-0.2, -0.15) is 18.2 Å². The topological polar surface area (TPSA) is 112 Å². The van der Waals surface area contributed by atoms with E-state index in [9.17, 15) is 22.8 Å². The first kappa shape index (κ1) is 29.5. The summed E-state index contributed by atoms with van der Waals surface area (Å²) in [6.45, 7) is 1.76. The SMILES string of the molecule is COCC(=O)N[C@H]1CCC[C@H]1Nc1nc(Nc2ccc(C(=O)N(C)C3CCN(C)CC3)cc2)ncc1C(F)(F)F. The number of alkyl halides is 3. The summed E-state index contributed by atoms with van der Waals surface area (Å²) in [7, 11) is 5.28. The third kappa shape index (κ3) is 7.39. The highest BCUT2D eigenvalue weighted by atomic mass is 19.4. The van der Waals surface area contributed by atoms with Gasteiger partial charge in [0.05, 0.1) is 0 Å². The van der Waals surface area contributed by atoms with Crippen LogP contribution in [0.3, 0.4) is 0 Å². The zero-order chi connectivity index (χ0) is 28.9. The zero-order valence-electron chi connectivity index (χ0n) is 22.9. The second-order valence-electron chi connectivity index (χ2n) is 10.4. The Labute approximate surface area is 231 Å². The van der Waals surface area contributed by atoms with Gasteiger partial charge in [-0.05, 0) is 76.5 Å². The first-order chi connectivity index (χ1) is 19.0. The van der Waals surface area contributed by atoms with E-state index in [0.717, 1.165) is 38.5 Å². The number of rotatable bonds is 9. The lowest BCUT2D eigenvalue weighted by Crippen LogP contribution is -2.45. The number of amides is 2. The molecule has 4 rings (SSSR count). The van der Waals surface area contributed by atoms with Crippen LogP contribution in [0.15, 0.2) is 30.5 Å². The molecule has 0 spiro atoms. The van der Waals surface area contributed by atoms with Crippen LogP contribution in [-0.4, -0.2) is 90.6 Å². The maximum absolute atomic E-state index is 13.8. The van der Waals surface area contributed by atoms with E-state index in [1.165, 1.54) is 7.11 Å². The number of nitrogens with one attached hydrogen (secondary N) is 3. The first-order valence-electron chi connectivity index (χ1n) is 13.4. The number of carbonyl (C=O) groups is 2. The lowest BCUT2D eigenvalue weighted by molar-refractivity contribution is -0.137. The van der Waals surface area contributed by atoms with Gasteiger partial charge >= 0.3 is 6.18 Å². The summed E-state index contributed by atoms with van der Waals surface area (Å²) in [4.78, 5) is 37.0. The first-order valence-corrected chi connectivity index (χ1v) is 13.4. The minimum Gasteiger partial charge on any atom is -0.375 e. The van der Waals surface area contributed by atoms with Crippen molar-refractivity contribution in [2.45, 2.75) is 56.4 Å². The summed E-state index contributed by atoms with van der Waals surface area (Å²) in [5, 5.41) is 8.62. The van der Waals surface area contributed by atoms with Crippen molar-refractivity contribution in [3.05, 3.63) is 41.6 Å². The molecule has 3 N–H and O–H groups in total. The Balaban J connectivity index is 1.45. The van der Waals surface area contributed by atoms with Gasteiger partial charge in [-0.1, -0.05) is 0 Å². The lowest BCUT2D eigenvalue weighted by atomic mass is 10.0. The quantitative estimate of drug-likeness (QED) is 0.425. The van der Waals surface area contributed by atoms with Crippen molar-refractivity contribution < 1.29 is 27.5 Å². The fraction of sp³-hybridized carbons (Fsp3) is 0.556. The molecule has 2 heterocycles. The number of methoxy groups -OCH3 is 1. The third-order valence-electron chi connectivity index (χ3n) is 7.50. The molecule has 1 aliphatic carbocycles. The average molecular weight is 564 g/mol. The molecule has 1 aliphatic heterocycles. The van der Waals surface area contributed by atoms with Crippen molar-refractivity contribution in [2.24, 2.45) is 0 Å². The molecule has 2 fully saturated rings. The molecule has 13 heteroatoms. The normalized spacial score (nSPS) is 20.2. The van der Waals surface area contributed by atoms with Gasteiger partial charge in [0.25, 0.3) is 5.91 Å². The van der Waals surface area contributed by atoms with Crippen molar-refractivity contribution in [3.63, 3.8) is 0 Å². The highest BCUT2D eigenvalue weighted by Crippen LogP contribution is 2.35. The number of ether oxygens (including phenoxy) is 1. The number of benzene rings is 1. The van der Waals surface area contributed by atoms with E-state index in [1.54, 1.807) is 29.2 Å². The molecule has 40 heavy (non-hydrogen) atoms. The fourth-order valence-corrected chi connectivity index (χ4v) is 5.20. The second kappa shape index (κ2) is 12.8. The van der Waals surface area contributed by atoms with Crippen LogP contribution in [-0.2, 0) is 15.7 Å². The van der Waals surface area contributed by atoms with E-state index in [0.29, 0.717) is 24.1 Å². The van der Waals surface area contributed by atoms with Crippen molar-refractivity contribution in [1.82, 2.24) is 25.1 Å². The Morgan fingerprint density at radius 2 is 1.77 bits per heavy atom. The molecule has 1 aromatic heterocycles. The number of likely N-dealkylation sites (tertiary alicyclic amines) is 1. The molecule has 2 aromatic rings. The predicted molar refractivity (Wildman–Crippen MR) is 144 cm³/mol. The summed E-state index contributed by atoms with van der Waals surface area (Å²) in [5.41, 5.74) is 0.0463. The molecule has 1 saturated carbocycles. The number of aromatic nitrogens is 2. The van der Waals surface area contributed by atoms with Gasteiger partial charge in [0, 0.05) is 49.7 Å². The van der Waals surface area contributed by atoms with Crippen molar-refractivity contribution in [1.29, 1.82) is 0 Å². The van der Waals surface area contributed by atoms with Crippen LogP contribution >= 0.6 is 0 Å². The van der Waals surface area contributed by atoms with E-state index >= 15 is 0 Å². The van der Waals surface area contributed by atoms with Gasteiger partial charge in [-0.25, -0.2) is 4.98 Å². The highest BCUT2D eigenvalue weighted by molar-refractivity contribution is 5.94. The summed E-state index contributed by atoms with van der Waals surface area (Å²) in [6, 6.07) is 6.07. The molecule has 2 amide bonds. The summed E-state index contributed by atoms with van der Waals surface area (Å²) >= 11 is 0. The van der Waals surface area contributed by atoms with Gasteiger partial charge in [-0.15, -0.1) is 0 Å². The Kier molecular flexibility index (Phi) is 9.46. The smallest absolute Gasteiger partial charge is 0.375 e. The number of piperidine rings is 1. The fourth-order valence-electron chi connectivity index (χ4n) is 5.20. The Morgan fingerprint density at radius 3 is 2.42 bits per heavy atom. The number of carbonyl (C=O) groups excluding carboxylic acids is 2. The molecule has 218 valence electrons. The van der Waals surface area contributed by atoms with Crippen LogP contribution in [0, 0.1) is 0 Å². The minimum atomic E-state index is -4.67. The highest BCUT2D eigenvalue weighted by Gasteiger charge is 2.37. The van der Waals surface area contributed by atoms with Crippen LogP contribution in [0.1, 0.15) is 48.0 Å². The Bertz CT molecular complexity index is 1170. The van der Waals surface area contributed by atoms with Gasteiger partial charge in [0.2, 0.25) is 11.9 Å². The van der Waals surface area contributed by atoms with Gasteiger partial charge in [0.15, 0.2) is 0 Å². The minimum absolute atomic E-state index is 0.0315. The Morgan fingerprint density at radius 1 is 1.10 bits per heavy atom. The number of halogens is 3. The molecular weight excluding hydrogens is 527 g/mol. The van der Waals surface area contributed by atoms with Gasteiger partial charge < -0.3 is 30.5 Å². The van der Waals surface area contributed by atoms with E-state index in [4.69, 9.17) is 4.74 Å². The average Bonchev–Trinajstić information content (AvgIpc) is 3.34. The number of anilines is 3. The second-order valence-corrected chi connectivity index (χ2v) is 10.4. The molecule has 1 saturated heterocycles. The van der Waals surface area contributed by atoms with E-state index in [-0.39, 0.29) is 42.3 Å². The number of hydrogen-bond donors (Lipinski definition) is 3. The van der Waals surface area contributed by atoms with Gasteiger partial charge in [0.1, 0.15) is 18.0 Å². The number of nitrogens with zero attached hydrogens (tertiary/aromatic N) is 4. The zero-order valence-corrected chi connectivity index (χ0v) is 22.9. The maximum atomic E-state index is 13.8. The third-order valence-corrected chi connectivity index (χ3v) is 7.50. The van der Waals surface area contributed by atoms with E-state index in [1.807, 2.05) is 7.05 Å². The van der Waals surface area contributed by atoms with Crippen LogP contribution in [0.5, 0.6) is 0 Å². The van der Waals surface area contributed by atoms with Crippen LogP contribution in [0.2, 0.25) is 0 Å². The van der Waals surface area contributed by atoms with Crippen LogP contribution in [0.25, 0.3) is 0 Å². The lowest BCUT2D eigenvalue weighted by Gasteiger charge is -2.35. The molecule has 0 bridgehead atoms. The largest absolute Gasteiger partial charge is 0.421 e. The Hall–Kier alpha value is -3.45. The molecule has 0 radical (unpaired) electrons. The molecule has 1 aromatic carbocycles. The van der Waals surface area contributed by atoms with Crippen LogP contribution in [0.4, 0.5) is 30.6 Å². The maximum Gasteiger partial charge on any atom is 0.421 e. The van der Waals surface area contributed by atoms with Crippen LogP contribution < -0.4 is 16.0 Å². The molecular formula is C27H36F3N7O3. The molecule has 2 aliphatic rings. The predicted octanol–water partition coefficient (Wildman–Crippen LogP) is 3.50. The van der Waals surface area contributed by atoms with E-state index < -0.39 is 17.8 Å². The summed E-state index contributed by atoms with van der Waals surface area (Å²) in [5.74, 6) is -0.811. The standard InChI is InChI=1S/C27H36F3N7O3/c1-36-13-11-19(12-14-36)37(2)25(39)17-7-9-18(10-8-17)32-26-31-15-20(27(28,29)30)24(35-26)34-22-6-4-5-21(22)33-23(38)16-40-3/h7-10,15,19,21-22H,4-6,11-14,16H2,1-3H3,(H,33,38)(H2,31,32,34,35)/t21-,22+/m0/s1.